The Balaban J connectivity index is 2.01. The van der Waals surface area contributed by atoms with Crippen LogP contribution in [0.4, 0.5) is 15.8 Å². The number of hydrogen-bond acceptors (Lipinski definition) is 2. The number of nitrogens with zero attached hydrogens (tertiary/aromatic N) is 1. The Bertz CT molecular complexity index is 697. The van der Waals surface area contributed by atoms with Gasteiger partial charge in [0.1, 0.15) is 5.82 Å². The molecule has 20 heavy (non-hydrogen) atoms. The molecule has 2 N–H and O–H groups in total. The van der Waals surface area contributed by atoms with Crippen LogP contribution in [-0.2, 0) is 6.42 Å². The molecule has 0 fully saturated rings. The minimum absolute atomic E-state index is 0.171. The molecular formula is C16H15FN2O. The van der Waals surface area contributed by atoms with E-state index in [1.54, 1.807) is 23.1 Å². The second kappa shape index (κ2) is 4.63. The van der Waals surface area contributed by atoms with Crippen LogP contribution < -0.4 is 10.6 Å². The van der Waals surface area contributed by atoms with Gasteiger partial charge in [-0.05, 0) is 43.2 Å². The highest BCUT2D eigenvalue weighted by Gasteiger charge is 2.27. The molecule has 0 bridgehead atoms. The summed E-state index contributed by atoms with van der Waals surface area (Å²) < 4.78 is 13.4. The van der Waals surface area contributed by atoms with Crippen LogP contribution in [0.5, 0.6) is 0 Å². The second-order valence-electron chi connectivity index (χ2n) is 5.07. The van der Waals surface area contributed by atoms with E-state index in [1.807, 2.05) is 13.0 Å². The maximum atomic E-state index is 13.4. The molecule has 0 spiro atoms. The quantitative estimate of drug-likeness (QED) is 0.810. The number of fused-ring (bicyclic) bond motifs is 1. The summed E-state index contributed by atoms with van der Waals surface area (Å²) in [4.78, 5) is 14.2. The van der Waals surface area contributed by atoms with Gasteiger partial charge in [0.15, 0.2) is 0 Å². The highest BCUT2D eigenvalue weighted by atomic mass is 19.1. The van der Waals surface area contributed by atoms with Crippen molar-refractivity contribution in [1.82, 2.24) is 0 Å². The number of rotatable bonds is 1. The molecule has 0 aromatic heterocycles. The van der Waals surface area contributed by atoms with Crippen molar-refractivity contribution < 1.29 is 9.18 Å². The number of aryl methyl sites for hydroxylation is 1. The molecule has 0 atom stereocenters. The minimum Gasteiger partial charge on any atom is -0.398 e. The van der Waals surface area contributed by atoms with E-state index in [-0.39, 0.29) is 11.7 Å². The van der Waals surface area contributed by atoms with Gasteiger partial charge in [0.25, 0.3) is 5.91 Å². The van der Waals surface area contributed by atoms with Crippen molar-refractivity contribution in [3.63, 3.8) is 0 Å². The van der Waals surface area contributed by atoms with Crippen molar-refractivity contribution in [3.8, 4) is 0 Å². The third-order valence-electron chi connectivity index (χ3n) is 3.63. The monoisotopic (exact) mass is 270 g/mol. The van der Waals surface area contributed by atoms with E-state index in [1.165, 1.54) is 12.1 Å². The maximum Gasteiger partial charge on any atom is 0.260 e. The minimum atomic E-state index is -0.333. The summed E-state index contributed by atoms with van der Waals surface area (Å²) in [5.74, 6) is -0.504. The Morgan fingerprint density at radius 1 is 1.25 bits per heavy atom. The number of hydrogen-bond donors (Lipinski definition) is 1. The van der Waals surface area contributed by atoms with E-state index in [2.05, 4.69) is 0 Å². The summed E-state index contributed by atoms with van der Waals surface area (Å²) >= 11 is 0. The van der Waals surface area contributed by atoms with E-state index < -0.39 is 0 Å². The normalized spacial score (nSPS) is 13.4. The number of carbonyl (C=O) groups is 1. The molecule has 0 radical (unpaired) electrons. The van der Waals surface area contributed by atoms with E-state index in [9.17, 15) is 9.18 Å². The third kappa shape index (κ3) is 2.03. The third-order valence-corrected chi connectivity index (χ3v) is 3.63. The summed E-state index contributed by atoms with van der Waals surface area (Å²) in [6.07, 6.45) is 0.743. The molecule has 0 unspecified atom stereocenters. The van der Waals surface area contributed by atoms with Gasteiger partial charge in [0.05, 0.1) is 11.3 Å². The Hall–Kier alpha value is -2.36. The maximum absolute atomic E-state index is 13.4. The van der Waals surface area contributed by atoms with Crippen LogP contribution in [0.1, 0.15) is 21.5 Å². The number of carbonyl (C=O) groups excluding carboxylic acids is 1. The topological polar surface area (TPSA) is 46.3 Å². The highest BCUT2D eigenvalue weighted by Crippen LogP contribution is 2.31. The molecule has 3 rings (SSSR count). The van der Waals surface area contributed by atoms with Crippen molar-refractivity contribution in [3.05, 3.63) is 58.9 Å². The van der Waals surface area contributed by atoms with E-state index in [0.29, 0.717) is 23.5 Å². The lowest BCUT2D eigenvalue weighted by molar-refractivity contribution is 0.0990. The first kappa shape index (κ1) is 12.7. The van der Waals surface area contributed by atoms with Crippen LogP contribution in [-0.4, -0.2) is 12.5 Å². The van der Waals surface area contributed by atoms with E-state index in [0.717, 1.165) is 17.5 Å². The molecule has 3 nitrogen and oxygen atoms in total. The molecule has 0 saturated heterocycles. The van der Waals surface area contributed by atoms with Gasteiger partial charge in [-0.25, -0.2) is 4.39 Å². The zero-order valence-corrected chi connectivity index (χ0v) is 11.2. The predicted molar refractivity (Wildman–Crippen MR) is 77.4 cm³/mol. The van der Waals surface area contributed by atoms with Gasteiger partial charge in [0.2, 0.25) is 0 Å². The second-order valence-corrected chi connectivity index (χ2v) is 5.07. The summed E-state index contributed by atoms with van der Waals surface area (Å²) in [6, 6.07) is 9.93. The van der Waals surface area contributed by atoms with Crippen molar-refractivity contribution in [2.75, 3.05) is 17.2 Å². The van der Waals surface area contributed by atoms with Crippen molar-refractivity contribution >= 4 is 17.3 Å². The molecule has 4 heteroatoms. The first-order chi connectivity index (χ1) is 9.56. The molecule has 1 amide bonds. The first-order valence-corrected chi connectivity index (χ1v) is 6.52. The van der Waals surface area contributed by atoms with E-state index >= 15 is 0 Å². The molecule has 1 aliphatic heterocycles. The van der Waals surface area contributed by atoms with Gasteiger partial charge in [0, 0.05) is 12.2 Å². The van der Waals surface area contributed by atoms with Gasteiger partial charge >= 0.3 is 0 Å². The summed E-state index contributed by atoms with van der Waals surface area (Å²) in [6.45, 7) is 2.47. The molecule has 0 aliphatic carbocycles. The molecule has 2 aromatic rings. The number of halogens is 1. The van der Waals surface area contributed by atoms with Crippen molar-refractivity contribution in [2.24, 2.45) is 0 Å². The zero-order chi connectivity index (χ0) is 14.3. The number of benzene rings is 2. The zero-order valence-electron chi connectivity index (χ0n) is 11.2. The van der Waals surface area contributed by atoms with Crippen LogP contribution in [0.15, 0.2) is 36.4 Å². The van der Waals surface area contributed by atoms with Gasteiger partial charge in [-0.3, -0.25) is 4.79 Å². The summed E-state index contributed by atoms with van der Waals surface area (Å²) in [7, 11) is 0. The molecule has 1 aliphatic rings. The highest BCUT2D eigenvalue weighted by molar-refractivity contribution is 6.10. The fraction of sp³-hybridized carbons (Fsp3) is 0.188. The average molecular weight is 270 g/mol. The van der Waals surface area contributed by atoms with Crippen LogP contribution in [0, 0.1) is 12.7 Å². The average Bonchev–Trinajstić information content (AvgIpc) is 2.83. The van der Waals surface area contributed by atoms with E-state index in [4.69, 9.17) is 5.73 Å². The van der Waals surface area contributed by atoms with Crippen LogP contribution in [0.25, 0.3) is 0 Å². The number of nitrogen functional groups attached to an aromatic ring is 1. The van der Waals surface area contributed by atoms with Crippen molar-refractivity contribution in [2.45, 2.75) is 13.3 Å². The van der Waals surface area contributed by atoms with Gasteiger partial charge in [-0.1, -0.05) is 17.7 Å². The van der Waals surface area contributed by atoms with Crippen LogP contribution in [0.2, 0.25) is 0 Å². The van der Waals surface area contributed by atoms with Crippen LogP contribution in [0.3, 0.4) is 0 Å². The largest absolute Gasteiger partial charge is 0.398 e. The number of nitrogens with two attached hydrogens (primary N) is 1. The number of amides is 1. The standard InChI is InChI=1S/C16H15FN2O/c1-10-2-5-14(18)13(8-10)16(20)19-7-6-11-3-4-12(17)9-15(11)19/h2-5,8-9H,6-7,18H2,1H3. The predicted octanol–water partition coefficient (Wildman–Crippen LogP) is 2.92. The lowest BCUT2D eigenvalue weighted by Gasteiger charge is -2.18. The molecule has 2 aromatic carbocycles. The van der Waals surface area contributed by atoms with Crippen molar-refractivity contribution in [1.29, 1.82) is 0 Å². The fourth-order valence-electron chi connectivity index (χ4n) is 2.56. The SMILES string of the molecule is Cc1ccc(N)c(C(=O)N2CCc3ccc(F)cc32)c1. The Morgan fingerprint density at radius 3 is 2.85 bits per heavy atom. The number of anilines is 2. The Labute approximate surface area is 116 Å². The molecule has 102 valence electrons. The lowest BCUT2D eigenvalue weighted by Crippen LogP contribution is -2.29. The fourth-order valence-corrected chi connectivity index (χ4v) is 2.56. The summed E-state index contributed by atoms with van der Waals surface area (Å²) in [5, 5.41) is 0. The van der Waals surface area contributed by atoms with Crippen LogP contribution >= 0.6 is 0 Å². The summed E-state index contributed by atoms with van der Waals surface area (Å²) in [5.41, 5.74) is 9.42. The Kier molecular flexibility index (Phi) is 2.93. The first-order valence-electron chi connectivity index (χ1n) is 6.52. The molecule has 0 saturated carbocycles. The van der Waals surface area contributed by atoms with Gasteiger partial charge in [-0.15, -0.1) is 0 Å². The van der Waals surface area contributed by atoms with Gasteiger partial charge in [-0.2, -0.15) is 0 Å². The smallest absolute Gasteiger partial charge is 0.260 e. The van der Waals surface area contributed by atoms with Gasteiger partial charge < -0.3 is 10.6 Å². The molecule has 1 heterocycles. The molecular weight excluding hydrogens is 255 g/mol. The Morgan fingerprint density at radius 2 is 2.05 bits per heavy atom. The lowest BCUT2D eigenvalue weighted by atomic mass is 10.1.